The molecule has 3 rings (SSSR count). The van der Waals surface area contributed by atoms with Crippen molar-refractivity contribution in [3.05, 3.63) is 60.2 Å². The number of hydrogen-bond acceptors (Lipinski definition) is 5. The Kier molecular flexibility index (Phi) is 7.08. The predicted octanol–water partition coefficient (Wildman–Crippen LogP) is 1.42. The lowest BCUT2D eigenvalue weighted by atomic mass is 10.1. The number of hydrogen-bond donors (Lipinski definition) is 3. The topological polar surface area (TPSA) is 97.9 Å². The molecule has 8 nitrogen and oxygen atoms in total. The number of carbonyl (C=O) groups excluding carboxylic acids is 2. The molecule has 2 aromatic rings. The monoisotopic (exact) mass is 385 g/mol. The highest BCUT2D eigenvalue weighted by atomic mass is 16.5. The second kappa shape index (κ2) is 10.2. The van der Waals surface area contributed by atoms with E-state index in [9.17, 15) is 9.59 Å². The molecular weight excluding hydrogens is 362 g/mol. The number of urea groups is 1. The van der Waals surface area contributed by atoms with Gasteiger partial charge in [0.05, 0.1) is 13.2 Å². The van der Waals surface area contributed by atoms with E-state index in [2.05, 4.69) is 16.2 Å². The molecule has 0 aliphatic carbocycles. The van der Waals surface area contributed by atoms with Gasteiger partial charge in [-0.15, -0.1) is 0 Å². The van der Waals surface area contributed by atoms with Crippen molar-refractivity contribution < 1.29 is 23.8 Å². The summed E-state index contributed by atoms with van der Waals surface area (Å²) < 4.78 is 16.4. The van der Waals surface area contributed by atoms with E-state index in [4.69, 9.17) is 14.2 Å². The molecule has 1 heterocycles. The van der Waals surface area contributed by atoms with Crippen molar-refractivity contribution in [3.8, 4) is 11.5 Å². The largest absolute Gasteiger partial charge is 0.491 e. The maximum Gasteiger partial charge on any atom is 0.333 e. The van der Waals surface area contributed by atoms with E-state index >= 15 is 0 Å². The van der Waals surface area contributed by atoms with Crippen LogP contribution in [0, 0.1) is 0 Å². The number of ether oxygens (including phenoxy) is 3. The van der Waals surface area contributed by atoms with Crippen LogP contribution in [0.4, 0.5) is 4.79 Å². The third-order valence-corrected chi connectivity index (χ3v) is 4.01. The van der Waals surface area contributed by atoms with Gasteiger partial charge in [-0.2, -0.15) is 0 Å². The fourth-order valence-electron chi connectivity index (χ4n) is 2.65. The first kappa shape index (κ1) is 19.5. The summed E-state index contributed by atoms with van der Waals surface area (Å²) in [5.41, 5.74) is 5.62. The fourth-order valence-corrected chi connectivity index (χ4v) is 2.65. The predicted molar refractivity (Wildman–Crippen MR) is 102 cm³/mol. The summed E-state index contributed by atoms with van der Waals surface area (Å²) >= 11 is 0. The second-order valence-corrected chi connectivity index (χ2v) is 6.06. The minimum Gasteiger partial charge on any atom is -0.491 e. The average Bonchev–Trinajstić information content (AvgIpc) is 3.16. The molecule has 0 saturated heterocycles. The molecule has 0 fully saturated rings. The number of nitrogens with one attached hydrogen (secondary N) is 3. The quantitative estimate of drug-likeness (QED) is 0.472. The Morgan fingerprint density at radius 1 is 0.964 bits per heavy atom. The number of hydrazine groups is 1. The maximum absolute atomic E-state index is 12.1. The van der Waals surface area contributed by atoms with Crippen LogP contribution in [-0.2, 0) is 16.0 Å². The van der Waals surface area contributed by atoms with Crippen molar-refractivity contribution in [2.45, 2.75) is 12.5 Å². The van der Waals surface area contributed by atoms with Crippen LogP contribution in [0.25, 0.3) is 0 Å². The standard InChI is InChI=1S/C20H23N3O5/c24-19(18-14-15-6-4-5-9-17(15)28-18)22-23-20(25)21-10-11-26-12-13-27-16-7-2-1-3-8-16/h1-9,18H,10-14H2,(H,22,24)(H2,21,23,25)/t18-/m0/s1. The summed E-state index contributed by atoms with van der Waals surface area (Å²) in [6, 6.07) is 16.4. The van der Waals surface area contributed by atoms with Gasteiger partial charge in [-0.1, -0.05) is 36.4 Å². The van der Waals surface area contributed by atoms with Crippen molar-refractivity contribution in [2.75, 3.05) is 26.4 Å². The summed E-state index contributed by atoms with van der Waals surface area (Å²) in [4.78, 5) is 23.8. The summed E-state index contributed by atoms with van der Waals surface area (Å²) in [6.07, 6.45) is -0.171. The van der Waals surface area contributed by atoms with Crippen LogP contribution in [0.1, 0.15) is 5.56 Å². The lowest BCUT2D eigenvalue weighted by molar-refractivity contribution is -0.127. The molecule has 1 aliphatic rings. The fraction of sp³-hybridized carbons (Fsp3) is 0.300. The Labute approximate surface area is 163 Å². The Morgan fingerprint density at radius 2 is 1.75 bits per heavy atom. The molecule has 3 N–H and O–H groups in total. The van der Waals surface area contributed by atoms with Gasteiger partial charge in [0, 0.05) is 13.0 Å². The number of amides is 3. The van der Waals surface area contributed by atoms with Crippen molar-refractivity contribution in [3.63, 3.8) is 0 Å². The highest BCUT2D eigenvalue weighted by Crippen LogP contribution is 2.27. The van der Waals surface area contributed by atoms with Crippen molar-refractivity contribution >= 4 is 11.9 Å². The van der Waals surface area contributed by atoms with E-state index in [1.807, 2.05) is 54.6 Å². The van der Waals surface area contributed by atoms with Gasteiger partial charge in [0.1, 0.15) is 18.1 Å². The molecule has 2 aromatic carbocycles. The molecule has 0 bridgehead atoms. The molecule has 28 heavy (non-hydrogen) atoms. The van der Waals surface area contributed by atoms with E-state index in [0.29, 0.717) is 38.5 Å². The van der Waals surface area contributed by atoms with Gasteiger partial charge in [0.2, 0.25) is 0 Å². The maximum atomic E-state index is 12.1. The van der Waals surface area contributed by atoms with E-state index < -0.39 is 18.0 Å². The van der Waals surface area contributed by atoms with Crippen molar-refractivity contribution in [1.29, 1.82) is 0 Å². The number of para-hydroxylation sites is 2. The van der Waals surface area contributed by atoms with Crippen LogP contribution in [0.2, 0.25) is 0 Å². The molecule has 0 radical (unpaired) electrons. The molecule has 0 saturated carbocycles. The third kappa shape index (κ3) is 5.88. The second-order valence-electron chi connectivity index (χ2n) is 6.06. The van der Waals surface area contributed by atoms with Crippen LogP contribution in [0.15, 0.2) is 54.6 Å². The van der Waals surface area contributed by atoms with E-state index in [1.54, 1.807) is 0 Å². The smallest absolute Gasteiger partial charge is 0.333 e. The first-order valence-electron chi connectivity index (χ1n) is 9.06. The Bertz CT molecular complexity index is 759. The number of benzene rings is 2. The number of rotatable bonds is 8. The highest BCUT2D eigenvalue weighted by molar-refractivity contribution is 5.85. The van der Waals surface area contributed by atoms with E-state index in [0.717, 1.165) is 11.3 Å². The Balaban J connectivity index is 1.21. The van der Waals surface area contributed by atoms with Crippen LogP contribution in [0.5, 0.6) is 11.5 Å². The zero-order valence-corrected chi connectivity index (χ0v) is 15.4. The van der Waals surface area contributed by atoms with Gasteiger partial charge < -0.3 is 19.5 Å². The molecule has 0 unspecified atom stereocenters. The summed E-state index contributed by atoms with van der Waals surface area (Å²) in [7, 11) is 0. The van der Waals surface area contributed by atoms with Crippen LogP contribution >= 0.6 is 0 Å². The minimum atomic E-state index is -0.648. The lowest BCUT2D eigenvalue weighted by Gasteiger charge is -2.13. The number of fused-ring (bicyclic) bond motifs is 1. The first-order chi connectivity index (χ1) is 13.7. The van der Waals surface area contributed by atoms with Crippen molar-refractivity contribution in [2.24, 2.45) is 0 Å². The Hall–Kier alpha value is -3.26. The highest BCUT2D eigenvalue weighted by Gasteiger charge is 2.28. The van der Waals surface area contributed by atoms with Crippen LogP contribution < -0.4 is 25.6 Å². The van der Waals surface area contributed by atoms with Gasteiger partial charge in [-0.05, 0) is 23.8 Å². The lowest BCUT2D eigenvalue weighted by Crippen LogP contribution is -2.51. The number of carbonyl (C=O) groups is 2. The molecule has 8 heteroatoms. The molecule has 148 valence electrons. The third-order valence-electron chi connectivity index (χ3n) is 4.01. The minimum absolute atomic E-state index is 0.304. The van der Waals surface area contributed by atoms with Gasteiger partial charge in [-0.3, -0.25) is 10.2 Å². The Morgan fingerprint density at radius 3 is 2.57 bits per heavy atom. The van der Waals surface area contributed by atoms with Crippen molar-refractivity contribution in [1.82, 2.24) is 16.2 Å². The zero-order chi connectivity index (χ0) is 19.6. The average molecular weight is 385 g/mol. The zero-order valence-electron chi connectivity index (χ0n) is 15.4. The van der Waals surface area contributed by atoms with Gasteiger partial charge in [-0.25, -0.2) is 10.2 Å². The van der Waals surface area contributed by atoms with E-state index in [-0.39, 0.29) is 0 Å². The van der Waals surface area contributed by atoms with Gasteiger partial charge in [0.15, 0.2) is 6.10 Å². The molecule has 3 amide bonds. The van der Waals surface area contributed by atoms with E-state index in [1.165, 1.54) is 0 Å². The summed E-state index contributed by atoms with van der Waals surface area (Å²) in [5.74, 6) is 1.08. The molecule has 0 spiro atoms. The molecular formula is C20H23N3O5. The van der Waals surface area contributed by atoms with Crippen LogP contribution in [0.3, 0.4) is 0 Å². The SMILES string of the molecule is O=C(NCCOCCOc1ccccc1)NNC(=O)[C@@H]1Cc2ccccc2O1. The first-order valence-corrected chi connectivity index (χ1v) is 9.06. The van der Waals surface area contributed by atoms with Crippen LogP contribution in [-0.4, -0.2) is 44.4 Å². The van der Waals surface area contributed by atoms with Gasteiger partial charge in [0.25, 0.3) is 5.91 Å². The molecule has 0 aromatic heterocycles. The summed E-state index contributed by atoms with van der Waals surface area (Å²) in [5, 5.41) is 2.58. The summed E-state index contributed by atoms with van der Waals surface area (Å²) in [6.45, 7) is 1.48. The van der Waals surface area contributed by atoms with Gasteiger partial charge >= 0.3 is 6.03 Å². The molecule has 1 aliphatic heterocycles. The normalized spacial score (nSPS) is 14.5. The molecule has 1 atom stereocenters.